The SMILES string of the molecule is c1c[cH-]c(COCc2ccc[cH-]2)c1. The van der Waals surface area contributed by atoms with E-state index in [1.165, 1.54) is 11.1 Å². The first-order valence-corrected chi connectivity index (χ1v) is 4.44. The molecule has 1 nitrogen and oxygen atoms in total. The molecule has 0 saturated carbocycles. The summed E-state index contributed by atoms with van der Waals surface area (Å²) >= 11 is 0. The van der Waals surface area contributed by atoms with Crippen molar-refractivity contribution in [1.82, 2.24) is 0 Å². The molecule has 0 aromatic heterocycles. The zero-order valence-electron chi connectivity index (χ0n) is 7.44. The Bertz CT molecular complexity index is 282. The molecule has 0 saturated heterocycles. The highest BCUT2D eigenvalue weighted by Gasteiger charge is 1.86. The Hall–Kier alpha value is -1.34. The van der Waals surface area contributed by atoms with Crippen LogP contribution in [0.5, 0.6) is 0 Å². The third-order valence-corrected chi connectivity index (χ3v) is 2.00. The van der Waals surface area contributed by atoms with Crippen LogP contribution in [0, 0.1) is 0 Å². The van der Waals surface area contributed by atoms with Crippen molar-refractivity contribution in [1.29, 1.82) is 0 Å². The van der Waals surface area contributed by atoms with E-state index in [0.29, 0.717) is 13.2 Å². The zero-order valence-corrected chi connectivity index (χ0v) is 7.44. The summed E-state index contributed by atoms with van der Waals surface area (Å²) in [6, 6.07) is 16.4. The van der Waals surface area contributed by atoms with Crippen molar-refractivity contribution < 1.29 is 4.74 Å². The summed E-state index contributed by atoms with van der Waals surface area (Å²) in [6.45, 7) is 1.41. The molecule has 0 amide bonds. The second-order valence-corrected chi connectivity index (χ2v) is 3.08. The Morgan fingerprint density at radius 1 is 0.923 bits per heavy atom. The topological polar surface area (TPSA) is 9.23 Å². The molecule has 2 aromatic rings. The first-order chi connectivity index (χ1) is 6.45. The van der Waals surface area contributed by atoms with Gasteiger partial charge >= 0.3 is 0 Å². The van der Waals surface area contributed by atoms with Crippen molar-refractivity contribution in [2.24, 2.45) is 0 Å². The van der Waals surface area contributed by atoms with Gasteiger partial charge in [0.15, 0.2) is 0 Å². The number of rotatable bonds is 4. The lowest BCUT2D eigenvalue weighted by Gasteiger charge is -2.06. The molecule has 0 atom stereocenters. The fourth-order valence-electron chi connectivity index (χ4n) is 1.31. The normalized spacial score (nSPS) is 10.5. The monoisotopic (exact) mass is 172 g/mol. The average molecular weight is 172 g/mol. The smallest absolute Gasteiger partial charge is 0.0491 e. The van der Waals surface area contributed by atoms with Crippen LogP contribution in [0.15, 0.2) is 48.5 Å². The molecule has 0 unspecified atom stereocenters. The Labute approximate surface area is 78.3 Å². The molecule has 2 aromatic carbocycles. The highest BCUT2D eigenvalue weighted by molar-refractivity contribution is 5.16. The van der Waals surface area contributed by atoms with E-state index in [0.717, 1.165) is 0 Å². The minimum atomic E-state index is 0.707. The van der Waals surface area contributed by atoms with Crippen LogP contribution in [0.2, 0.25) is 0 Å². The molecule has 0 aliphatic heterocycles. The van der Waals surface area contributed by atoms with Crippen LogP contribution in [-0.2, 0) is 18.0 Å². The molecule has 0 heterocycles. The van der Waals surface area contributed by atoms with E-state index >= 15 is 0 Å². The van der Waals surface area contributed by atoms with Gasteiger partial charge in [-0.3, -0.25) is 0 Å². The molecule has 0 bridgehead atoms. The van der Waals surface area contributed by atoms with Crippen molar-refractivity contribution in [3.8, 4) is 0 Å². The van der Waals surface area contributed by atoms with Gasteiger partial charge in [-0.25, -0.2) is 24.3 Å². The molecular weight excluding hydrogens is 160 g/mol. The Morgan fingerprint density at radius 3 is 1.85 bits per heavy atom. The van der Waals surface area contributed by atoms with Crippen LogP contribution < -0.4 is 0 Å². The predicted octanol–water partition coefficient (Wildman–Crippen LogP) is 2.84. The molecule has 2 rings (SSSR count). The standard InChI is InChI=1S/C12H12O/c1-2-6-11(5-1)9-13-10-12-7-3-4-8-12/h1-8H,9-10H2/q-2. The summed E-state index contributed by atoms with van der Waals surface area (Å²) in [7, 11) is 0. The second-order valence-electron chi connectivity index (χ2n) is 3.08. The molecule has 0 N–H and O–H groups in total. The highest BCUT2D eigenvalue weighted by atomic mass is 16.5. The molecular formula is C12H12O-2. The Morgan fingerprint density at radius 2 is 1.46 bits per heavy atom. The van der Waals surface area contributed by atoms with Crippen LogP contribution in [-0.4, -0.2) is 0 Å². The average Bonchev–Trinajstić information content (AvgIpc) is 2.75. The molecule has 0 radical (unpaired) electrons. The van der Waals surface area contributed by atoms with Crippen molar-refractivity contribution in [3.05, 3.63) is 59.7 Å². The molecule has 0 spiro atoms. The molecule has 0 aliphatic rings. The minimum absolute atomic E-state index is 0.707. The van der Waals surface area contributed by atoms with Gasteiger partial charge in [0.2, 0.25) is 0 Å². The van der Waals surface area contributed by atoms with Crippen LogP contribution in [0.25, 0.3) is 0 Å². The summed E-state index contributed by atoms with van der Waals surface area (Å²) in [5.41, 5.74) is 2.48. The first-order valence-electron chi connectivity index (χ1n) is 4.44. The number of ether oxygens (including phenoxy) is 1. The number of hydrogen-bond donors (Lipinski definition) is 0. The zero-order chi connectivity index (χ0) is 8.93. The van der Waals surface area contributed by atoms with Crippen molar-refractivity contribution in [3.63, 3.8) is 0 Å². The summed E-state index contributed by atoms with van der Waals surface area (Å²) in [5.74, 6) is 0. The second kappa shape index (κ2) is 4.06. The van der Waals surface area contributed by atoms with E-state index < -0.39 is 0 Å². The molecule has 0 aliphatic carbocycles. The number of hydrogen-bond acceptors (Lipinski definition) is 1. The maximum atomic E-state index is 5.52. The molecule has 13 heavy (non-hydrogen) atoms. The van der Waals surface area contributed by atoms with Gasteiger partial charge in [-0.2, -0.15) is 24.3 Å². The third kappa shape index (κ3) is 2.30. The van der Waals surface area contributed by atoms with Crippen molar-refractivity contribution in [2.45, 2.75) is 13.2 Å². The van der Waals surface area contributed by atoms with Crippen LogP contribution in [0.3, 0.4) is 0 Å². The third-order valence-electron chi connectivity index (χ3n) is 2.00. The molecule has 0 fully saturated rings. The summed E-state index contributed by atoms with van der Waals surface area (Å²) in [5, 5.41) is 0. The molecule has 1 heteroatoms. The van der Waals surface area contributed by atoms with Crippen molar-refractivity contribution in [2.75, 3.05) is 0 Å². The van der Waals surface area contributed by atoms with Crippen LogP contribution in [0.4, 0.5) is 0 Å². The predicted molar refractivity (Wildman–Crippen MR) is 52.6 cm³/mol. The maximum Gasteiger partial charge on any atom is 0.0491 e. The quantitative estimate of drug-likeness (QED) is 0.644. The van der Waals surface area contributed by atoms with E-state index in [9.17, 15) is 0 Å². The van der Waals surface area contributed by atoms with Crippen LogP contribution in [0.1, 0.15) is 11.1 Å². The van der Waals surface area contributed by atoms with Gasteiger partial charge in [0.25, 0.3) is 0 Å². The largest absolute Gasteiger partial charge is 0.376 e. The van der Waals surface area contributed by atoms with Gasteiger partial charge in [-0.1, -0.05) is 0 Å². The van der Waals surface area contributed by atoms with E-state index in [2.05, 4.69) is 24.3 Å². The fraction of sp³-hybridized carbons (Fsp3) is 0.167. The first kappa shape index (κ1) is 8.27. The lowest BCUT2D eigenvalue weighted by molar-refractivity contribution is 0.107. The summed E-state index contributed by atoms with van der Waals surface area (Å²) < 4.78 is 5.52. The minimum Gasteiger partial charge on any atom is -0.376 e. The van der Waals surface area contributed by atoms with Gasteiger partial charge < -0.3 is 4.74 Å². The Kier molecular flexibility index (Phi) is 2.58. The van der Waals surface area contributed by atoms with Gasteiger partial charge in [0.05, 0.1) is 0 Å². The van der Waals surface area contributed by atoms with E-state index in [-0.39, 0.29) is 0 Å². The Balaban J connectivity index is 1.76. The van der Waals surface area contributed by atoms with Crippen LogP contribution >= 0.6 is 0 Å². The molecule has 68 valence electrons. The summed E-state index contributed by atoms with van der Waals surface area (Å²) in [6.07, 6.45) is 0. The highest BCUT2D eigenvalue weighted by Crippen LogP contribution is 2.06. The van der Waals surface area contributed by atoms with E-state index in [4.69, 9.17) is 4.74 Å². The van der Waals surface area contributed by atoms with Gasteiger partial charge in [0.1, 0.15) is 0 Å². The maximum absolute atomic E-state index is 5.52. The van der Waals surface area contributed by atoms with E-state index in [1.54, 1.807) is 0 Å². The lowest BCUT2D eigenvalue weighted by atomic mass is 10.3. The van der Waals surface area contributed by atoms with Gasteiger partial charge in [0, 0.05) is 13.2 Å². The fourth-order valence-corrected chi connectivity index (χ4v) is 1.31. The van der Waals surface area contributed by atoms with E-state index in [1.807, 2.05) is 24.3 Å². The van der Waals surface area contributed by atoms with Gasteiger partial charge in [-0.15, -0.1) is 11.1 Å². The summed E-state index contributed by atoms with van der Waals surface area (Å²) in [4.78, 5) is 0. The van der Waals surface area contributed by atoms with Gasteiger partial charge in [-0.05, 0) is 0 Å². The lowest BCUT2D eigenvalue weighted by Crippen LogP contribution is -1.90. The van der Waals surface area contributed by atoms with Crippen molar-refractivity contribution >= 4 is 0 Å².